The van der Waals surface area contributed by atoms with E-state index in [1.54, 1.807) is 0 Å². The topological polar surface area (TPSA) is 78.9 Å². The molecule has 6 heteroatoms. The Bertz CT molecular complexity index is 1340. The molecule has 0 spiro atoms. The quantitative estimate of drug-likeness (QED) is 0.0261. The molecule has 0 heterocycles. The van der Waals surface area contributed by atoms with Crippen LogP contribution in [0.15, 0.2) is 24.3 Å². The van der Waals surface area contributed by atoms with Gasteiger partial charge in [0.15, 0.2) is 6.10 Å². The first-order valence-corrected chi connectivity index (χ1v) is 37.8. The number of esters is 3. The molecular formula is C77H146O6. The molecule has 0 fully saturated rings. The zero-order valence-corrected chi connectivity index (χ0v) is 56.5. The number of unbranched alkanes of at least 4 members (excludes halogenated alkanes) is 56. The number of ether oxygens (including phenoxy) is 3. The lowest BCUT2D eigenvalue weighted by atomic mass is 10.0. The van der Waals surface area contributed by atoms with Gasteiger partial charge in [0.05, 0.1) is 0 Å². The van der Waals surface area contributed by atoms with Crippen molar-refractivity contribution in [2.24, 2.45) is 0 Å². The number of carbonyl (C=O) groups excluding carboxylic acids is 3. The van der Waals surface area contributed by atoms with Crippen LogP contribution < -0.4 is 0 Å². The third-order valence-corrected chi connectivity index (χ3v) is 17.4. The van der Waals surface area contributed by atoms with E-state index >= 15 is 0 Å². The van der Waals surface area contributed by atoms with Gasteiger partial charge >= 0.3 is 17.9 Å². The molecule has 0 aromatic carbocycles. The first kappa shape index (κ1) is 80.9. The van der Waals surface area contributed by atoms with Gasteiger partial charge in [0, 0.05) is 19.3 Å². The van der Waals surface area contributed by atoms with Crippen molar-refractivity contribution >= 4 is 17.9 Å². The van der Waals surface area contributed by atoms with Gasteiger partial charge in [-0.3, -0.25) is 14.4 Å². The van der Waals surface area contributed by atoms with E-state index in [9.17, 15) is 14.4 Å². The van der Waals surface area contributed by atoms with Crippen molar-refractivity contribution < 1.29 is 28.6 Å². The van der Waals surface area contributed by atoms with E-state index in [-0.39, 0.29) is 31.1 Å². The molecule has 0 N–H and O–H groups in total. The fourth-order valence-corrected chi connectivity index (χ4v) is 11.7. The van der Waals surface area contributed by atoms with Gasteiger partial charge < -0.3 is 14.2 Å². The van der Waals surface area contributed by atoms with Gasteiger partial charge in [-0.25, -0.2) is 0 Å². The molecule has 0 saturated heterocycles. The standard InChI is InChI=1S/C77H146O6/c1-4-7-10-13-16-19-22-25-28-30-32-34-36-38-40-42-44-46-49-52-55-58-61-64-67-70-76(79)82-73-74(72-81-75(78)69-66-63-60-57-54-51-48-27-24-21-18-15-12-9-6-3)83-77(80)71-68-65-62-59-56-53-50-47-45-43-41-39-37-35-33-31-29-26-23-20-17-14-11-8-5-2/h30-33,74H,4-29,34-73H2,1-3H3/b32-30-,33-31-. The molecule has 0 aromatic heterocycles. The predicted octanol–water partition coefficient (Wildman–Crippen LogP) is 26.1. The van der Waals surface area contributed by atoms with Crippen LogP contribution in [0.25, 0.3) is 0 Å². The average Bonchev–Trinajstić information content (AvgIpc) is 3.49. The highest BCUT2D eigenvalue weighted by atomic mass is 16.6. The Morgan fingerprint density at radius 2 is 0.398 bits per heavy atom. The van der Waals surface area contributed by atoms with Crippen LogP contribution in [0.1, 0.15) is 432 Å². The number of hydrogen-bond donors (Lipinski definition) is 0. The van der Waals surface area contributed by atoms with Crippen LogP contribution in [0.4, 0.5) is 0 Å². The van der Waals surface area contributed by atoms with E-state index in [2.05, 4.69) is 45.1 Å². The maximum atomic E-state index is 13.0. The molecule has 490 valence electrons. The fraction of sp³-hybridized carbons (Fsp3) is 0.909. The number of carbonyl (C=O) groups is 3. The third kappa shape index (κ3) is 70.5. The summed E-state index contributed by atoms with van der Waals surface area (Å²) in [6.07, 6.45) is 89.4. The second kappa shape index (κ2) is 72.4. The molecule has 1 unspecified atom stereocenters. The van der Waals surface area contributed by atoms with Gasteiger partial charge in [0.1, 0.15) is 13.2 Å². The average molecular weight is 1170 g/mol. The predicted molar refractivity (Wildman–Crippen MR) is 363 cm³/mol. The van der Waals surface area contributed by atoms with Crippen LogP contribution in [0.3, 0.4) is 0 Å². The highest BCUT2D eigenvalue weighted by Crippen LogP contribution is 2.19. The Balaban J connectivity index is 4.24. The summed E-state index contributed by atoms with van der Waals surface area (Å²) in [5.41, 5.74) is 0. The molecule has 0 saturated carbocycles. The first-order valence-electron chi connectivity index (χ1n) is 37.8. The minimum atomic E-state index is -0.769. The van der Waals surface area contributed by atoms with Crippen molar-refractivity contribution in [3.63, 3.8) is 0 Å². The van der Waals surface area contributed by atoms with Crippen LogP contribution in [0.2, 0.25) is 0 Å². The van der Waals surface area contributed by atoms with E-state index in [1.165, 1.54) is 334 Å². The number of allylic oxidation sites excluding steroid dienone is 4. The Morgan fingerprint density at radius 1 is 0.229 bits per heavy atom. The van der Waals surface area contributed by atoms with E-state index in [0.717, 1.165) is 57.8 Å². The molecule has 0 aliphatic heterocycles. The van der Waals surface area contributed by atoms with Crippen molar-refractivity contribution in [1.82, 2.24) is 0 Å². The summed E-state index contributed by atoms with van der Waals surface area (Å²) >= 11 is 0. The summed E-state index contributed by atoms with van der Waals surface area (Å²) in [4.78, 5) is 38.5. The largest absolute Gasteiger partial charge is 0.462 e. The lowest BCUT2D eigenvalue weighted by molar-refractivity contribution is -0.167. The lowest BCUT2D eigenvalue weighted by Crippen LogP contribution is -2.30. The molecule has 0 radical (unpaired) electrons. The first-order chi connectivity index (χ1) is 41.0. The molecule has 0 rings (SSSR count). The zero-order chi connectivity index (χ0) is 59.9. The highest BCUT2D eigenvalue weighted by Gasteiger charge is 2.20. The fourth-order valence-electron chi connectivity index (χ4n) is 11.7. The van der Waals surface area contributed by atoms with Crippen LogP contribution in [0, 0.1) is 0 Å². The molecule has 6 nitrogen and oxygen atoms in total. The summed E-state index contributed by atoms with van der Waals surface area (Å²) in [5.74, 6) is -0.828. The maximum Gasteiger partial charge on any atom is 0.306 e. The van der Waals surface area contributed by atoms with Crippen molar-refractivity contribution in [2.45, 2.75) is 438 Å². The molecule has 1 atom stereocenters. The second-order valence-electron chi connectivity index (χ2n) is 25.9. The van der Waals surface area contributed by atoms with Crippen molar-refractivity contribution in [3.8, 4) is 0 Å². The van der Waals surface area contributed by atoms with E-state index in [0.29, 0.717) is 19.3 Å². The van der Waals surface area contributed by atoms with Gasteiger partial charge in [-0.05, 0) is 70.6 Å². The normalized spacial score (nSPS) is 12.1. The number of rotatable bonds is 71. The Labute approximate surface area is 519 Å². The summed E-state index contributed by atoms with van der Waals surface area (Å²) in [6.45, 7) is 6.73. The highest BCUT2D eigenvalue weighted by molar-refractivity contribution is 5.71. The van der Waals surface area contributed by atoms with Gasteiger partial charge in [-0.1, -0.05) is 366 Å². The van der Waals surface area contributed by atoms with Crippen molar-refractivity contribution in [1.29, 1.82) is 0 Å². The van der Waals surface area contributed by atoms with E-state index < -0.39 is 6.10 Å². The SMILES string of the molecule is CCCCCCCCCC/C=C\CCCCCCCCCCCCCCCC(=O)OCC(COC(=O)CCCCCCCCCCCCCCCCC)OC(=O)CCCCCCCCCCCCCCC/C=C\CCCCCCCCCC. The minimum absolute atomic E-state index is 0.0645. The Hall–Kier alpha value is -2.11. The monoisotopic (exact) mass is 1170 g/mol. The summed E-state index contributed by atoms with van der Waals surface area (Å²) in [6, 6.07) is 0. The van der Waals surface area contributed by atoms with E-state index in [1.807, 2.05) is 0 Å². The lowest BCUT2D eigenvalue weighted by Gasteiger charge is -2.18. The van der Waals surface area contributed by atoms with Crippen molar-refractivity contribution in [2.75, 3.05) is 13.2 Å². The van der Waals surface area contributed by atoms with Gasteiger partial charge in [0.2, 0.25) is 0 Å². The molecule has 83 heavy (non-hydrogen) atoms. The van der Waals surface area contributed by atoms with Crippen molar-refractivity contribution in [3.05, 3.63) is 24.3 Å². The molecule has 0 amide bonds. The third-order valence-electron chi connectivity index (χ3n) is 17.4. The number of hydrogen-bond acceptors (Lipinski definition) is 6. The Morgan fingerprint density at radius 3 is 0.602 bits per heavy atom. The van der Waals surface area contributed by atoms with E-state index in [4.69, 9.17) is 14.2 Å². The summed E-state index contributed by atoms with van der Waals surface area (Å²) < 4.78 is 17.0. The minimum Gasteiger partial charge on any atom is -0.462 e. The summed E-state index contributed by atoms with van der Waals surface area (Å²) in [7, 11) is 0. The van der Waals surface area contributed by atoms with Crippen LogP contribution in [-0.4, -0.2) is 37.2 Å². The van der Waals surface area contributed by atoms with Crippen LogP contribution in [0.5, 0.6) is 0 Å². The second-order valence-corrected chi connectivity index (χ2v) is 25.9. The van der Waals surface area contributed by atoms with Crippen LogP contribution in [-0.2, 0) is 28.6 Å². The van der Waals surface area contributed by atoms with Gasteiger partial charge in [-0.2, -0.15) is 0 Å². The smallest absolute Gasteiger partial charge is 0.306 e. The molecule has 0 aliphatic carbocycles. The Kier molecular flexibility index (Phi) is 70.5. The summed E-state index contributed by atoms with van der Waals surface area (Å²) in [5, 5.41) is 0. The maximum absolute atomic E-state index is 13.0. The zero-order valence-electron chi connectivity index (χ0n) is 56.5. The molecular weight excluding hydrogens is 1020 g/mol. The van der Waals surface area contributed by atoms with Gasteiger partial charge in [0.25, 0.3) is 0 Å². The molecule has 0 aliphatic rings. The van der Waals surface area contributed by atoms with Gasteiger partial charge in [-0.15, -0.1) is 0 Å². The molecule has 0 bridgehead atoms. The van der Waals surface area contributed by atoms with Crippen LogP contribution >= 0.6 is 0 Å². The molecule has 0 aromatic rings.